The second-order valence-corrected chi connectivity index (χ2v) is 9.90. The Balaban J connectivity index is 1.69. The number of fused-ring (bicyclic) bond motifs is 1. The molecule has 0 bridgehead atoms. The standard InChI is InChI=1S/C20H20Cl3N3O2S/c21-14-7-12-10-26(19(28)13(12)8-15(14)22)16(6-11-4-2-1-3-5-11)18(27)25-20-24-9-17(23)29-20/h7-11,16,28H,1-6H2,(H,24,25,27)/t16-/m0/s1. The Morgan fingerprint density at radius 1 is 1.24 bits per heavy atom. The van der Waals surface area contributed by atoms with E-state index in [-0.39, 0.29) is 11.8 Å². The summed E-state index contributed by atoms with van der Waals surface area (Å²) in [4.78, 5) is 17.3. The minimum absolute atomic E-state index is 0.00620. The maximum Gasteiger partial charge on any atom is 0.249 e. The maximum atomic E-state index is 13.2. The predicted molar refractivity (Wildman–Crippen MR) is 120 cm³/mol. The van der Waals surface area contributed by atoms with Gasteiger partial charge in [0.1, 0.15) is 10.4 Å². The predicted octanol–water partition coefficient (Wildman–Crippen LogP) is 6.91. The summed E-state index contributed by atoms with van der Waals surface area (Å²) in [5, 5.41) is 16.2. The largest absolute Gasteiger partial charge is 0.494 e. The third kappa shape index (κ3) is 4.50. The fourth-order valence-corrected chi connectivity index (χ4v) is 5.19. The molecule has 2 heterocycles. The molecule has 5 nitrogen and oxygen atoms in total. The van der Waals surface area contributed by atoms with Gasteiger partial charge < -0.3 is 15.0 Å². The molecular formula is C20H20Cl3N3O2S. The number of nitrogens with one attached hydrogen (secondary N) is 1. The van der Waals surface area contributed by atoms with Gasteiger partial charge in [-0.05, 0) is 24.5 Å². The van der Waals surface area contributed by atoms with Crippen molar-refractivity contribution in [3.8, 4) is 5.88 Å². The van der Waals surface area contributed by atoms with E-state index in [1.807, 2.05) is 0 Å². The van der Waals surface area contributed by atoms with E-state index in [0.717, 1.165) is 18.2 Å². The second-order valence-electron chi connectivity index (χ2n) is 7.43. The SMILES string of the molecule is O=C(Nc1ncc(Cl)s1)[C@H](CC1CCCCC1)n1cc2cc(Cl)c(Cl)cc2c1O. The minimum atomic E-state index is -0.578. The van der Waals surface area contributed by atoms with Crippen LogP contribution in [-0.2, 0) is 4.79 Å². The molecule has 0 saturated heterocycles. The Hall–Kier alpha value is -1.47. The summed E-state index contributed by atoms with van der Waals surface area (Å²) >= 11 is 19.4. The molecule has 1 aromatic carbocycles. The zero-order valence-corrected chi connectivity index (χ0v) is 18.6. The maximum absolute atomic E-state index is 13.2. The molecule has 3 aromatic rings. The van der Waals surface area contributed by atoms with E-state index >= 15 is 0 Å². The summed E-state index contributed by atoms with van der Waals surface area (Å²) < 4.78 is 2.12. The van der Waals surface area contributed by atoms with Gasteiger partial charge in [-0.25, -0.2) is 4.98 Å². The number of anilines is 1. The van der Waals surface area contributed by atoms with Gasteiger partial charge in [0.2, 0.25) is 5.91 Å². The van der Waals surface area contributed by atoms with Gasteiger partial charge in [0, 0.05) is 17.0 Å². The molecule has 154 valence electrons. The van der Waals surface area contributed by atoms with Crippen LogP contribution in [0.25, 0.3) is 10.8 Å². The molecule has 9 heteroatoms. The number of carbonyl (C=O) groups excluding carboxylic acids is 1. The number of hydrogen-bond acceptors (Lipinski definition) is 4. The lowest BCUT2D eigenvalue weighted by Crippen LogP contribution is -2.28. The highest BCUT2D eigenvalue weighted by molar-refractivity contribution is 7.19. The van der Waals surface area contributed by atoms with Crippen LogP contribution in [0.2, 0.25) is 14.4 Å². The molecule has 2 aromatic heterocycles. The number of nitrogens with zero attached hydrogens (tertiary/aromatic N) is 2. The summed E-state index contributed by atoms with van der Waals surface area (Å²) in [6.07, 6.45) is 9.66. The Morgan fingerprint density at radius 3 is 2.66 bits per heavy atom. The average Bonchev–Trinajstić information content (AvgIpc) is 3.24. The van der Waals surface area contributed by atoms with Gasteiger partial charge in [-0.3, -0.25) is 4.79 Å². The van der Waals surface area contributed by atoms with Crippen molar-refractivity contribution < 1.29 is 9.90 Å². The zero-order chi connectivity index (χ0) is 20.5. The quantitative estimate of drug-likeness (QED) is 0.424. The van der Waals surface area contributed by atoms with E-state index in [1.54, 1.807) is 22.9 Å². The first-order valence-electron chi connectivity index (χ1n) is 9.53. The van der Waals surface area contributed by atoms with Crippen molar-refractivity contribution in [2.75, 3.05) is 5.32 Å². The van der Waals surface area contributed by atoms with Gasteiger partial charge in [0.25, 0.3) is 0 Å². The molecule has 1 atom stereocenters. The van der Waals surface area contributed by atoms with E-state index < -0.39 is 6.04 Å². The summed E-state index contributed by atoms with van der Waals surface area (Å²) in [6.45, 7) is 0. The van der Waals surface area contributed by atoms with Crippen LogP contribution in [0.3, 0.4) is 0 Å². The van der Waals surface area contributed by atoms with Crippen molar-refractivity contribution in [2.45, 2.75) is 44.6 Å². The first kappa shape index (κ1) is 20.8. The van der Waals surface area contributed by atoms with Crippen LogP contribution < -0.4 is 5.32 Å². The molecule has 1 fully saturated rings. The van der Waals surface area contributed by atoms with Crippen molar-refractivity contribution in [1.29, 1.82) is 0 Å². The Kier molecular flexibility index (Phi) is 6.25. The lowest BCUT2D eigenvalue weighted by atomic mass is 9.84. The molecule has 0 spiro atoms. The fourth-order valence-electron chi connectivity index (χ4n) is 4.04. The van der Waals surface area contributed by atoms with Gasteiger partial charge in [0.15, 0.2) is 11.0 Å². The number of benzene rings is 1. The second kappa shape index (κ2) is 8.72. The van der Waals surface area contributed by atoms with E-state index in [1.165, 1.54) is 36.8 Å². The number of aromatic nitrogens is 2. The van der Waals surface area contributed by atoms with Gasteiger partial charge in [-0.15, -0.1) is 0 Å². The number of rotatable bonds is 5. The lowest BCUT2D eigenvalue weighted by Gasteiger charge is -2.27. The molecule has 0 aliphatic heterocycles. The van der Waals surface area contributed by atoms with Gasteiger partial charge in [0.05, 0.1) is 16.2 Å². The Bertz CT molecular complexity index is 1040. The van der Waals surface area contributed by atoms with Crippen LogP contribution in [0, 0.1) is 5.92 Å². The minimum Gasteiger partial charge on any atom is -0.494 e. The highest BCUT2D eigenvalue weighted by Gasteiger charge is 2.29. The highest BCUT2D eigenvalue weighted by Crippen LogP contribution is 2.39. The average molecular weight is 473 g/mol. The van der Waals surface area contributed by atoms with Crippen LogP contribution in [-0.4, -0.2) is 20.6 Å². The highest BCUT2D eigenvalue weighted by atomic mass is 35.5. The number of thiazole rings is 1. The third-order valence-corrected chi connectivity index (χ3v) is 7.24. The van der Waals surface area contributed by atoms with Crippen LogP contribution in [0.1, 0.15) is 44.6 Å². The smallest absolute Gasteiger partial charge is 0.249 e. The number of carbonyl (C=O) groups is 1. The first-order valence-corrected chi connectivity index (χ1v) is 11.5. The van der Waals surface area contributed by atoms with Crippen molar-refractivity contribution >= 4 is 68.0 Å². The number of halogens is 3. The van der Waals surface area contributed by atoms with E-state index in [9.17, 15) is 9.90 Å². The molecule has 0 radical (unpaired) electrons. The summed E-state index contributed by atoms with van der Waals surface area (Å²) in [7, 11) is 0. The molecular weight excluding hydrogens is 453 g/mol. The molecule has 4 rings (SSSR count). The summed E-state index contributed by atoms with van der Waals surface area (Å²) in [5.74, 6) is 0.206. The Morgan fingerprint density at radius 2 is 1.97 bits per heavy atom. The lowest BCUT2D eigenvalue weighted by molar-refractivity contribution is -0.120. The van der Waals surface area contributed by atoms with Crippen LogP contribution in [0.15, 0.2) is 24.5 Å². The van der Waals surface area contributed by atoms with Crippen molar-refractivity contribution in [2.24, 2.45) is 5.92 Å². The van der Waals surface area contributed by atoms with Crippen LogP contribution >= 0.6 is 46.1 Å². The number of aromatic hydroxyl groups is 1. The number of amides is 1. The Labute approximate surface area is 187 Å². The van der Waals surface area contributed by atoms with E-state index in [0.29, 0.717) is 37.2 Å². The fraction of sp³-hybridized carbons (Fsp3) is 0.400. The summed E-state index contributed by atoms with van der Waals surface area (Å²) in [6, 6.07) is 2.75. The molecule has 29 heavy (non-hydrogen) atoms. The van der Waals surface area contributed by atoms with Crippen molar-refractivity contribution in [3.05, 3.63) is 38.9 Å². The van der Waals surface area contributed by atoms with Crippen molar-refractivity contribution in [3.63, 3.8) is 0 Å². The molecule has 1 saturated carbocycles. The first-order chi connectivity index (χ1) is 13.9. The molecule has 1 aliphatic carbocycles. The normalized spacial score (nSPS) is 16.2. The van der Waals surface area contributed by atoms with Crippen LogP contribution in [0.5, 0.6) is 5.88 Å². The van der Waals surface area contributed by atoms with Crippen molar-refractivity contribution in [1.82, 2.24) is 9.55 Å². The van der Waals surface area contributed by atoms with E-state index in [2.05, 4.69) is 10.3 Å². The van der Waals surface area contributed by atoms with Gasteiger partial charge in [-0.1, -0.05) is 78.2 Å². The summed E-state index contributed by atoms with van der Waals surface area (Å²) in [5.41, 5.74) is 0. The third-order valence-electron chi connectivity index (χ3n) is 5.48. The van der Waals surface area contributed by atoms with Gasteiger partial charge in [-0.2, -0.15) is 0 Å². The molecule has 1 amide bonds. The van der Waals surface area contributed by atoms with Gasteiger partial charge >= 0.3 is 0 Å². The van der Waals surface area contributed by atoms with Crippen LogP contribution in [0.4, 0.5) is 5.13 Å². The molecule has 2 N–H and O–H groups in total. The topological polar surface area (TPSA) is 67.2 Å². The zero-order valence-electron chi connectivity index (χ0n) is 15.5. The molecule has 1 aliphatic rings. The van der Waals surface area contributed by atoms with E-state index in [4.69, 9.17) is 34.8 Å². The molecule has 0 unspecified atom stereocenters. The monoisotopic (exact) mass is 471 g/mol. The number of hydrogen-bond donors (Lipinski definition) is 2.